The zero-order valence-electron chi connectivity index (χ0n) is 14.1. The molecule has 1 aromatic heterocycles. The van der Waals surface area contributed by atoms with E-state index in [0.29, 0.717) is 10.3 Å². The van der Waals surface area contributed by atoms with Crippen LogP contribution in [0.4, 0.5) is 11.5 Å². The lowest BCUT2D eigenvalue weighted by Crippen LogP contribution is -2.40. The van der Waals surface area contributed by atoms with Crippen molar-refractivity contribution in [2.24, 2.45) is 0 Å². The molecule has 2 N–H and O–H groups in total. The van der Waals surface area contributed by atoms with Gasteiger partial charge >= 0.3 is 0 Å². The van der Waals surface area contributed by atoms with E-state index in [9.17, 15) is 4.79 Å². The summed E-state index contributed by atoms with van der Waals surface area (Å²) >= 11 is 1.93. The lowest BCUT2D eigenvalue weighted by molar-refractivity contribution is 0.102. The molecular formula is C19H23N3OS. The topological polar surface area (TPSA) is 54.0 Å². The number of carbonyl (C=O) groups excluding carboxylic acids is 1. The standard InChI is InChI=1S/C19H23N3OS/c1-14-4-7-16(8-5-14)22-18(23)15-6-9-17(20-12-15)21-13-19(24-2)10-3-11-19/h4-9,12H,3,10-11,13H2,1-2H3,(H,20,21)(H,22,23). The summed E-state index contributed by atoms with van der Waals surface area (Å²) < 4.78 is 0.364. The molecular weight excluding hydrogens is 318 g/mol. The molecule has 4 nitrogen and oxygen atoms in total. The summed E-state index contributed by atoms with van der Waals surface area (Å²) in [7, 11) is 0. The van der Waals surface area contributed by atoms with Gasteiger partial charge in [-0.15, -0.1) is 0 Å². The van der Waals surface area contributed by atoms with Crippen LogP contribution in [0.25, 0.3) is 0 Å². The molecule has 3 rings (SSSR count). The van der Waals surface area contributed by atoms with Crippen molar-refractivity contribution in [2.45, 2.75) is 30.9 Å². The van der Waals surface area contributed by atoms with E-state index in [0.717, 1.165) is 18.1 Å². The van der Waals surface area contributed by atoms with Crippen molar-refractivity contribution in [1.82, 2.24) is 4.98 Å². The third kappa shape index (κ3) is 3.90. The number of pyridine rings is 1. The Bertz CT molecular complexity index is 688. The maximum atomic E-state index is 12.3. The van der Waals surface area contributed by atoms with Crippen molar-refractivity contribution in [3.63, 3.8) is 0 Å². The largest absolute Gasteiger partial charge is 0.369 e. The highest BCUT2D eigenvalue weighted by Crippen LogP contribution is 2.42. The van der Waals surface area contributed by atoms with Crippen LogP contribution < -0.4 is 10.6 Å². The number of carbonyl (C=O) groups is 1. The molecule has 1 aromatic carbocycles. The highest BCUT2D eigenvalue weighted by molar-refractivity contribution is 8.00. The van der Waals surface area contributed by atoms with E-state index >= 15 is 0 Å². The second-order valence-electron chi connectivity index (χ2n) is 6.35. The average Bonchev–Trinajstić information content (AvgIpc) is 2.57. The Labute approximate surface area is 147 Å². The van der Waals surface area contributed by atoms with E-state index in [1.54, 1.807) is 6.20 Å². The van der Waals surface area contributed by atoms with Crippen molar-refractivity contribution in [1.29, 1.82) is 0 Å². The highest BCUT2D eigenvalue weighted by atomic mass is 32.2. The van der Waals surface area contributed by atoms with Gasteiger partial charge in [0.1, 0.15) is 5.82 Å². The van der Waals surface area contributed by atoms with Crippen LogP contribution in [0.2, 0.25) is 0 Å². The smallest absolute Gasteiger partial charge is 0.257 e. The summed E-state index contributed by atoms with van der Waals surface area (Å²) in [6.07, 6.45) is 7.63. The molecule has 1 amide bonds. The third-order valence-corrected chi connectivity index (χ3v) is 6.04. The fourth-order valence-corrected chi connectivity index (χ4v) is 3.66. The second kappa shape index (κ2) is 7.26. The quantitative estimate of drug-likeness (QED) is 0.820. The van der Waals surface area contributed by atoms with Crippen molar-refractivity contribution in [3.05, 3.63) is 53.7 Å². The number of hydrogen-bond donors (Lipinski definition) is 2. The van der Waals surface area contributed by atoms with Crippen LogP contribution in [0.15, 0.2) is 42.6 Å². The first-order chi connectivity index (χ1) is 11.6. The van der Waals surface area contributed by atoms with E-state index < -0.39 is 0 Å². The van der Waals surface area contributed by atoms with Crippen LogP contribution in [-0.4, -0.2) is 28.4 Å². The number of nitrogens with one attached hydrogen (secondary N) is 2. The highest BCUT2D eigenvalue weighted by Gasteiger charge is 2.35. The van der Waals surface area contributed by atoms with E-state index in [-0.39, 0.29) is 5.91 Å². The first-order valence-corrected chi connectivity index (χ1v) is 9.46. The van der Waals surface area contributed by atoms with E-state index in [1.165, 1.54) is 24.8 Å². The molecule has 1 heterocycles. The second-order valence-corrected chi connectivity index (χ2v) is 7.62. The van der Waals surface area contributed by atoms with Gasteiger partial charge in [-0.1, -0.05) is 24.1 Å². The number of amides is 1. The fraction of sp³-hybridized carbons (Fsp3) is 0.368. The minimum Gasteiger partial charge on any atom is -0.369 e. The van der Waals surface area contributed by atoms with E-state index in [1.807, 2.05) is 55.1 Å². The maximum absolute atomic E-state index is 12.3. The molecule has 0 atom stereocenters. The lowest BCUT2D eigenvalue weighted by Gasteiger charge is -2.40. The lowest BCUT2D eigenvalue weighted by atomic mass is 9.84. The molecule has 0 aliphatic heterocycles. The Balaban J connectivity index is 1.57. The summed E-state index contributed by atoms with van der Waals surface area (Å²) in [6, 6.07) is 11.4. The van der Waals surface area contributed by atoms with Gasteiger partial charge in [0.15, 0.2) is 0 Å². The molecule has 2 aromatic rings. The van der Waals surface area contributed by atoms with Gasteiger partial charge < -0.3 is 10.6 Å². The molecule has 24 heavy (non-hydrogen) atoms. The summed E-state index contributed by atoms with van der Waals surface area (Å²) in [5, 5.41) is 6.28. The number of thioether (sulfide) groups is 1. The number of nitrogens with zero attached hydrogens (tertiary/aromatic N) is 1. The van der Waals surface area contributed by atoms with Crippen molar-refractivity contribution >= 4 is 29.2 Å². The van der Waals surface area contributed by atoms with Gasteiger partial charge in [0, 0.05) is 23.2 Å². The monoisotopic (exact) mass is 341 g/mol. The number of hydrogen-bond acceptors (Lipinski definition) is 4. The number of benzene rings is 1. The Morgan fingerprint density at radius 1 is 1.21 bits per heavy atom. The predicted molar refractivity (Wildman–Crippen MR) is 102 cm³/mol. The predicted octanol–water partition coefficient (Wildman–Crippen LogP) is 4.34. The first kappa shape index (κ1) is 16.8. The molecule has 0 saturated heterocycles. The van der Waals surface area contributed by atoms with Crippen molar-refractivity contribution < 1.29 is 4.79 Å². The summed E-state index contributed by atoms with van der Waals surface area (Å²) in [6.45, 7) is 2.95. The molecule has 0 spiro atoms. The zero-order chi connectivity index (χ0) is 17.0. The normalized spacial score (nSPS) is 15.4. The number of rotatable bonds is 6. The van der Waals surface area contributed by atoms with Gasteiger partial charge in [0.25, 0.3) is 5.91 Å². The molecule has 1 aliphatic carbocycles. The molecule has 1 fully saturated rings. The Morgan fingerprint density at radius 3 is 2.50 bits per heavy atom. The number of anilines is 2. The molecule has 126 valence electrons. The molecule has 1 aliphatic rings. The maximum Gasteiger partial charge on any atom is 0.257 e. The average molecular weight is 341 g/mol. The minimum absolute atomic E-state index is 0.141. The summed E-state index contributed by atoms with van der Waals surface area (Å²) in [5.74, 6) is 0.680. The molecule has 0 radical (unpaired) electrons. The Kier molecular flexibility index (Phi) is 5.09. The van der Waals surface area contributed by atoms with Crippen LogP contribution in [0.3, 0.4) is 0 Å². The van der Waals surface area contributed by atoms with Crippen LogP contribution in [0.5, 0.6) is 0 Å². The third-order valence-electron chi connectivity index (χ3n) is 4.62. The summed E-state index contributed by atoms with van der Waals surface area (Å²) in [4.78, 5) is 16.6. The van der Waals surface area contributed by atoms with Gasteiger partial charge in [-0.3, -0.25) is 4.79 Å². The van der Waals surface area contributed by atoms with Crippen LogP contribution >= 0.6 is 11.8 Å². The van der Waals surface area contributed by atoms with Gasteiger partial charge in [0.2, 0.25) is 0 Å². The van der Waals surface area contributed by atoms with Gasteiger partial charge in [-0.2, -0.15) is 11.8 Å². The van der Waals surface area contributed by atoms with Gasteiger partial charge in [-0.05, 0) is 50.3 Å². The van der Waals surface area contributed by atoms with Gasteiger partial charge in [0.05, 0.1) is 5.56 Å². The zero-order valence-corrected chi connectivity index (χ0v) is 15.0. The molecule has 0 bridgehead atoms. The van der Waals surface area contributed by atoms with Gasteiger partial charge in [-0.25, -0.2) is 4.98 Å². The molecule has 0 unspecified atom stereocenters. The van der Waals surface area contributed by atoms with Crippen LogP contribution in [-0.2, 0) is 0 Å². The first-order valence-electron chi connectivity index (χ1n) is 8.23. The fourth-order valence-electron chi connectivity index (χ4n) is 2.75. The van der Waals surface area contributed by atoms with Crippen LogP contribution in [0, 0.1) is 6.92 Å². The number of aryl methyl sites for hydroxylation is 1. The Hall–Kier alpha value is -2.01. The molecule has 5 heteroatoms. The van der Waals surface area contributed by atoms with E-state index in [4.69, 9.17) is 0 Å². The van der Waals surface area contributed by atoms with E-state index in [2.05, 4.69) is 21.9 Å². The van der Waals surface area contributed by atoms with Crippen LogP contribution in [0.1, 0.15) is 35.2 Å². The van der Waals surface area contributed by atoms with Crippen molar-refractivity contribution in [2.75, 3.05) is 23.4 Å². The number of aromatic nitrogens is 1. The minimum atomic E-state index is -0.141. The SMILES string of the molecule is CSC1(CNc2ccc(C(=O)Nc3ccc(C)cc3)cn2)CCC1. The summed E-state index contributed by atoms with van der Waals surface area (Å²) in [5.41, 5.74) is 2.52. The van der Waals surface area contributed by atoms with Crippen molar-refractivity contribution in [3.8, 4) is 0 Å². The molecule has 1 saturated carbocycles. The Morgan fingerprint density at radius 2 is 1.96 bits per heavy atom.